The number of methoxy groups -OCH3 is 1. The molecule has 0 spiro atoms. The maximum atomic E-state index is 12.3. The highest BCUT2D eigenvalue weighted by atomic mass is 16.5. The molecule has 20 heavy (non-hydrogen) atoms. The van der Waals surface area contributed by atoms with E-state index in [1.54, 1.807) is 18.2 Å². The molecule has 0 unspecified atom stereocenters. The standard InChI is InChI=1S/C16H18N2O2/c1-10-7-8-12(9-11(10)2)18-16(19)13-5-4-6-14(20-3)15(13)17/h4-9H,17H2,1-3H3,(H,18,19). The van der Waals surface area contributed by atoms with Gasteiger partial charge in [0.1, 0.15) is 5.75 Å². The Morgan fingerprint density at radius 1 is 1.15 bits per heavy atom. The Kier molecular flexibility index (Phi) is 3.94. The van der Waals surface area contributed by atoms with Crippen LogP contribution in [0, 0.1) is 13.8 Å². The van der Waals surface area contributed by atoms with Gasteiger partial charge in [-0.3, -0.25) is 4.79 Å². The number of carbonyl (C=O) groups excluding carboxylic acids is 1. The topological polar surface area (TPSA) is 64.3 Å². The van der Waals surface area contributed by atoms with Crippen LogP contribution < -0.4 is 15.8 Å². The molecule has 4 heteroatoms. The van der Waals surface area contributed by atoms with Crippen molar-refractivity contribution in [2.45, 2.75) is 13.8 Å². The van der Waals surface area contributed by atoms with E-state index in [2.05, 4.69) is 5.32 Å². The summed E-state index contributed by atoms with van der Waals surface area (Å²) in [5.74, 6) is 0.252. The fourth-order valence-corrected chi connectivity index (χ4v) is 1.94. The SMILES string of the molecule is COc1cccc(C(=O)Nc2ccc(C)c(C)c2)c1N. The molecule has 0 aliphatic carbocycles. The third-order valence-electron chi connectivity index (χ3n) is 3.30. The number of ether oxygens (including phenoxy) is 1. The van der Waals surface area contributed by atoms with Crippen molar-refractivity contribution in [2.24, 2.45) is 0 Å². The van der Waals surface area contributed by atoms with E-state index >= 15 is 0 Å². The minimum Gasteiger partial charge on any atom is -0.495 e. The van der Waals surface area contributed by atoms with Gasteiger partial charge in [-0.05, 0) is 49.2 Å². The number of nitrogen functional groups attached to an aromatic ring is 1. The van der Waals surface area contributed by atoms with Crippen LogP contribution in [-0.2, 0) is 0 Å². The van der Waals surface area contributed by atoms with Crippen LogP contribution in [0.2, 0.25) is 0 Å². The smallest absolute Gasteiger partial charge is 0.257 e. The predicted octanol–water partition coefficient (Wildman–Crippen LogP) is 3.15. The van der Waals surface area contributed by atoms with Crippen LogP contribution in [-0.4, -0.2) is 13.0 Å². The van der Waals surface area contributed by atoms with Crippen molar-refractivity contribution >= 4 is 17.3 Å². The zero-order chi connectivity index (χ0) is 14.7. The molecule has 0 atom stereocenters. The molecule has 2 aromatic rings. The van der Waals surface area contributed by atoms with Gasteiger partial charge in [-0.25, -0.2) is 0 Å². The first kappa shape index (κ1) is 13.9. The monoisotopic (exact) mass is 270 g/mol. The van der Waals surface area contributed by atoms with Crippen LogP contribution in [0.25, 0.3) is 0 Å². The number of amides is 1. The first-order chi connectivity index (χ1) is 9.52. The van der Waals surface area contributed by atoms with Crippen LogP contribution in [0.4, 0.5) is 11.4 Å². The average Bonchev–Trinajstić information content (AvgIpc) is 2.43. The number of rotatable bonds is 3. The third-order valence-corrected chi connectivity index (χ3v) is 3.30. The lowest BCUT2D eigenvalue weighted by molar-refractivity contribution is 0.102. The molecule has 104 valence electrons. The Bertz CT molecular complexity index is 651. The summed E-state index contributed by atoms with van der Waals surface area (Å²) in [5.41, 5.74) is 9.73. The summed E-state index contributed by atoms with van der Waals surface area (Å²) in [6.07, 6.45) is 0. The van der Waals surface area contributed by atoms with Crippen molar-refractivity contribution in [3.05, 3.63) is 53.1 Å². The molecule has 2 aromatic carbocycles. The van der Waals surface area contributed by atoms with Gasteiger partial charge in [-0.2, -0.15) is 0 Å². The van der Waals surface area contributed by atoms with Crippen molar-refractivity contribution in [3.63, 3.8) is 0 Å². The lowest BCUT2D eigenvalue weighted by Crippen LogP contribution is -2.14. The predicted molar refractivity (Wildman–Crippen MR) is 81.3 cm³/mol. The number of hydrogen-bond donors (Lipinski definition) is 2. The second-order valence-electron chi connectivity index (χ2n) is 4.67. The summed E-state index contributed by atoms with van der Waals surface area (Å²) >= 11 is 0. The largest absolute Gasteiger partial charge is 0.495 e. The molecule has 1 amide bonds. The normalized spacial score (nSPS) is 10.2. The molecule has 3 N–H and O–H groups in total. The number of nitrogens with two attached hydrogens (primary N) is 1. The number of nitrogens with one attached hydrogen (secondary N) is 1. The van der Waals surface area contributed by atoms with Gasteiger partial charge in [0.2, 0.25) is 0 Å². The average molecular weight is 270 g/mol. The lowest BCUT2D eigenvalue weighted by atomic mass is 10.1. The lowest BCUT2D eigenvalue weighted by Gasteiger charge is -2.11. The molecule has 0 fully saturated rings. The van der Waals surface area contributed by atoms with Gasteiger partial charge in [0.05, 0.1) is 18.4 Å². The van der Waals surface area contributed by atoms with Gasteiger partial charge in [0.25, 0.3) is 5.91 Å². The second-order valence-corrected chi connectivity index (χ2v) is 4.67. The summed E-state index contributed by atoms with van der Waals surface area (Å²) < 4.78 is 5.12. The van der Waals surface area contributed by atoms with Crippen molar-refractivity contribution in [2.75, 3.05) is 18.2 Å². The fraction of sp³-hybridized carbons (Fsp3) is 0.188. The molecule has 0 bridgehead atoms. The van der Waals surface area contributed by atoms with E-state index in [-0.39, 0.29) is 5.91 Å². The molecule has 4 nitrogen and oxygen atoms in total. The molecule has 0 aromatic heterocycles. The zero-order valence-corrected chi connectivity index (χ0v) is 11.9. The third kappa shape index (κ3) is 2.74. The van der Waals surface area contributed by atoms with Crippen LogP contribution in [0.5, 0.6) is 5.75 Å². The maximum absolute atomic E-state index is 12.3. The molecule has 2 rings (SSSR count). The summed E-state index contributed by atoms with van der Waals surface area (Å²) in [5, 5.41) is 2.84. The first-order valence-electron chi connectivity index (χ1n) is 6.34. The quantitative estimate of drug-likeness (QED) is 0.842. The van der Waals surface area contributed by atoms with Gasteiger partial charge in [-0.1, -0.05) is 12.1 Å². The van der Waals surface area contributed by atoms with Gasteiger partial charge >= 0.3 is 0 Å². The summed E-state index contributed by atoms with van der Waals surface area (Å²) in [7, 11) is 1.52. The minimum atomic E-state index is -0.246. The number of carbonyl (C=O) groups is 1. The summed E-state index contributed by atoms with van der Waals surface area (Å²) in [4.78, 5) is 12.3. The highest BCUT2D eigenvalue weighted by Crippen LogP contribution is 2.25. The van der Waals surface area contributed by atoms with Crippen molar-refractivity contribution in [1.29, 1.82) is 0 Å². The van der Waals surface area contributed by atoms with Crippen molar-refractivity contribution in [1.82, 2.24) is 0 Å². The molecule has 0 aliphatic rings. The van der Waals surface area contributed by atoms with Crippen molar-refractivity contribution in [3.8, 4) is 5.75 Å². The van der Waals surface area contributed by atoms with Gasteiger partial charge < -0.3 is 15.8 Å². The van der Waals surface area contributed by atoms with Gasteiger partial charge in [-0.15, -0.1) is 0 Å². The Balaban J connectivity index is 2.26. The molecule has 0 saturated carbocycles. The fourth-order valence-electron chi connectivity index (χ4n) is 1.94. The Morgan fingerprint density at radius 3 is 2.55 bits per heavy atom. The van der Waals surface area contributed by atoms with E-state index in [4.69, 9.17) is 10.5 Å². The van der Waals surface area contributed by atoms with Crippen LogP contribution in [0.1, 0.15) is 21.5 Å². The van der Waals surface area contributed by atoms with Gasteiger partial charge in [0, 0.05) is 5.69 Å². The highest BCUT2D eigenvalue weighted by molar-refractivity contribution is 6.08. The number of aryl methyl sites for hydroxylation is 2. The van der Waals surface area contributed by atoms with Crippen LogP contribution in [0.3, 0.4) is 0 Å². The molecule has 0 radical (unpaired) electrons. The zero-order valence-electron chi connectivity index (χ0n) is 11.9. The van der Waals surface area contributed by atoms with E-state index in [0.29, 0.717) is 17.0 Å². The number of para-hydroxylation sites is 1. The minimum absolute atomic E-state index is 0.246. The van der Waals surface area contributed by atoms with E-state index < -0.39 is 0 Å². The molecule has 0 saturated heterocycles. The highest BCUT2D eigenvalue weighted by Gasteiger charge is 2.13. The van der Waals surface area contributed by atoms with Crippen LogP contribution in [0.15, 0.2) is 36.4 Å². The Morgan fingerprint density at radius 2 is 1.90 bits per heavy atom. The second kappa shape index (κ2) is 5.65. The molecular weight excluding hydrogens is 252 g/mol. The molecular formula is C16H18N2O2. The number of anilines is 2. The van der Waals surface area contributed by atoms with Crippen molar-refractivity contribution < 1.29 is 9.53 Å². The van der Waals surface area contributed by atoms with E-state index in [1.807, 2.05) is 32.0 Å². The van der Waals surface area contributed by atoms with E-state index in [9.17, 15) is 4.79 Å². The Hall–Kier alpha value is -2.49. The number of hydrogen-bond acceptors (Lipinski definition) is 3. The molecule has 0 aliphatic heterocycles. The summed E-state index contributed by atoms with van der Waals surface area (Å²) in [6, 6.07) is 10.9. The Labute approximate surface area is 118 Å². The summed E-state index contributed by atoms with van der Waals surface area (Å²) in [6.45, 7) is 4.03. The maximum Gasteiger partial charge on any atom is 0.257 e. The van der Waals surface area contributed by atoms with E-state index in [0.717, 1.165) is 11.3 Å². The first-order valence-corrected chi connectivity index (χ1v) is 6.34. The van der Waals surface area contributed by atoms with E-state index in [1.165, 1.54) is 12.7 Å². The number of benzene rings is 2. The van der Waals surface area contributed by atoms with Gasteiger partial charge in [0.15, 0.2) is 0 Å². The molecule has 0 heterocycles. The van der Waals surface area contributed by atoms with Crippen LogP contribution >= 0.6 is 0 Å².